The van der Waals surface area contributed by atoms with E-state index in [1.54, 1.807) is 31.3 Å². The lowest BCUT2D eigenvalue weighted by molar-refractivity contribution is 0.275. The van der Waals surface area contributed by atoms with Crippen molar-refractivity contribution in [2.24, 2.45) is 5.92 Å². The summed E-state index contributed by atoms with van der Waals surface area (Å²) in [5.41, 5.74) is 0. The molecule has 1 aliphatic rings. The Morgan fingerprint density at radius 2 is 1.83 bits per heavy atom. The second kappa shape index (κ2) is 5.61. The smallest absolute Gasteiger partial charge is 0.207 e. The van der Waals surface area contributed by atoms with Crippen LogP contribution in [0.4, 0.5) is 0 Å². The molecule has 1 aliphatic carbocycles. The third-order valence-electron chi connectivity index (χ3n) is 3.22. The predicted octanol–water partition coefficient (Wildman–Crippen LogP) is 3.24. The molecule has 0 amide bonds. The number of sulfonamides is 1. The van der Waals surface area contributed by atoms with E-state index >= 15 is 0 Å². The maximum atomic E-state index is 12.3. The summed E-state index contributed by atoms with van der Waals surface area (Å²) in [5, 5.41) is 0. The first-order valence-electron chi connectivity index (χ1n) is 5.75. The lowest BCUT2D eigenvalue weighted by Gasteiger charge is -2.34. The van der Waals surface area contributed by atoms with Crippen molar-refractivity contribution in [2.45, 2.75) is 22.6 Å². The standard InChI is InChI=1S/C12H15Br2NO2S/c1-15(8-9-6-11(14)7-9)18(16,17)12-4-2-10(13)3-5-12/h2-5,9,11H,6-8H2,1H3. The van der Waals surface area contributed by atoms with Crippen LogP contribution in [0, 0.1) is 5.92 Å². The number of benzene rings is 1. The molecule has 0 radical (unpaired) electrons. The SMILES string of the molecule is CN(CC1CC(Br)C1)S(=O)(=O)c1ccc(Br)cc1. The number of rotatable bonds is 4. The minimum Gasteiger partial charge on any atom is -0.207 e. The molecular formula is C12H15Br2NO2S. The molecule has 1 fully saturated rings. The Kier molecular flexibility index (Phi) is 4.52. The van der Waals surface area contributed by atoms with E-state index in [-0.39, 0.29) is 0 Å². The number of nitrogens with zero attached hydrogens (tertiary/aromatic N) is 1. The molecule has 3 nitrogen and oxygen atoms in total. The van der Waals surface area contributed by atoms with Gasteiger partial charge in [0.2, 0.25) is 10.0 Å². The summed E-state index contributed by atoms with van der Waals surface area (Å²) in [4.78, 5) is 0.911. The van der Waals surface area contributed by atoms with Crippen LogP contribution in [-0.4, -0.2) is 31.1 Å². The lowest BCUT2D eigenvalue weighted by atomic mass is 9.85. The highest BCUT2D eigenvalue weighted by molar-refractivity contribution is 9.10. The number of halogens is 2. The van der Waals surface area contributed by atoms with Gasteiger partial charge in [-0.05, 0) is 43.0 Å². The van der Waals surface area contributed by atoms with E-state index in [4.69, 9.17) is 0 Å². The van der Waals surface area contributed by atoms with Gasteiger partial charge in [0.25, 0.3) is 0 Å². The minimum atomic E-state index is -3.35. The largest absolute Gasteiger partial charge is 0.242 e. The van der Waals surface area contributed by atoms with Crippen molar-refractivity contribution in [2.75, 3.05) is 13.6 Å². The Morgan fingerprint density at radius 1 is 1.28 bits per heavy atom. The van der Waals surface area contributed by atoms with Gasteiger partial charge in [-0.2, -0.15) is 0 Å². The fourth-order valence-corrected chi connectivity index (χ4v) is 4.62. The van der Waals surface area contributed by atoms with E-state index < -0.39 is 10.0 Å². The van der Waals surface area contributed by atoms with Crippen LogP contribution >= 0.6 is 31.9 Å². The van der Waals surface area contributed by atoms with Gasteiger partial charge in [-0.3, -0.25) is 0 Å². The zero-order valence-electron chi connectivity index (χ0n) is 10.0. The Hall–Kier alpha value is 0.0900. The lowest BCUT2D eigenvalue weighted by Crippen LogP contribution is -2.37. The van der Waals surface area contributed by atoms with Gasteiger partial charge in [-0.1, -0.05) is 31.9 Å². The van der Waals surface area contributed by atoms with Gasteiger partial charge in [0.1, 0.15) is 0 Å². The van der Waals surface area contributed by atoms with E-state index in [2.05, 4.69) is 31.9 Å². The van der Waals surface area contributed by atoms with E-state index in [9.17, 15) is 8.42 Å². The predicted molar refractivity (Wildman–Crippen MR) is 79.4 cm³/mol. The van der Waals surface area contributed by atoms with Crippen molar-refractivity contribution >= 4 is 41.9 Å². The van der Waals surface area contributed by atoms with Crippen LogP contribution < -0.4 is 0 Å². The molecule has 2 rings (SSSR count). The first-order chi connectivity index (χ1) is 8.39. The molecule has 0 heterocycles. The molecule has 0 spiro atoms. The molecule has 0 atom stereocenters. The summed E-state index contributed by atoms with van der Waals surface area (Å²) in [6, 6.07) is 6.76. The Balaban J connectivity index is 2.08. The Labute approximate surface area is 125 Å². The van der Waals surface area contributed by atoms with Crippen LogP contribution in [0.5, 0.6) is 0 Å². The average molecular weight is 397 g/mol. The van der Waals surface area contributed by atoms with Gasteiger partial charge in [-0.25, -0.2) is 12.7 Å². The average Bonchev–Trinajstić information content (AvgIpc) is 2.27. The molecule has 0 N–H and O–H groups in total. The summed E-state index contributed by atoms with van der Waals surface area (Å²) in [5.74, 6) is 0.476. The van der Waals surface area contributed by atoms with Crippen LogP contribution in [0.1, 0.15) is 12.8 Å². The summed E-state index contributed by atoms with van der Waals surface area (Å²) in [7, 11) is -1.70. The first kappa shape index (κ1) is 14.5. The summed E-state index contributed by atoms with van der Waals surface area (Å²) >= 11 is 6.82. The summed E-state index contributed by atoms with van der Waals surface area (Å²) in [6.45, 7) is 0.598. The quantitative estimate of drug-likeness (QED) is 0.732. The van der Waals surface area contributed by atoms with Gasteiger partial charge < -0.3 is 0 Å². The highest BCUT2D eigenvalue weighted by atomic mass is 79.9. The van der Waals surface area contributed by atoms with E-state index in [0.717, 1.165) is 17.3 Å². The summed E-state index contributed by atoms with van der Waals surface area (Å²) in [6.07, 6.45) is 2.11. The van der Waals surface area contributed by atoms with Gasteiger partial charge >= 0.3 is 0 Å². The number of alkyl halides is 1. The monoisotopic (exact) mass is 395 g/mol. The van der Waals surface area contributed by atoms with Crippen LogP contribution in [-0.2, 0) is 10.0 Å². The van der Waals surface area contributed by atoms with Crippen molar-refractivity contribution in [1.29, 1.82) is 0 Å². The molecule has 0 saturated heterocycles. The van der Waals surface area contributed by atoms with Gasteiger partial charge in [0.05, 0.1) is 4.90 Å². The van der Waals surface area contributed by atoms with Crippen molar-refractivity contribution in [3.8, 4) is 0 Å². The first-order valence-corrected chi connectivity index (χ1v) is 8.90. The Bertz CT molecular complexity index is 509. The number of hydrogen-bond acceptors (Lipinski definition) is 2. The van der Waals surface area contributed by atoms with Crippen molar-refractivity contribution in [3.63, 3.8) is 0 Å². The molecule has 1 aromatic rings. The molecule has 1 saturated carbocycles. The third-order valence-corrected chi connectivity index (χ3v) is 6.33. The second-order valence-electron chi connectivity index (χ2n) is 4.67. The molecular weight excluding hydrogens is 382 g/mol. The molecule has 100 valence electrons. The second-order valence-corrected chi connectivity index (χ2v) is 8.93. The van der Waals surface area contributed by atoms with E-state index in [1.807, 2.05) is 0 Å². The molecule has 6 heteroatoms. The van der Waals surface area contributed by atoms with Gasteiger partial charge in [0, 0.05) is 22.9 Å². The van der Waals surface area contributed by atoms with Crippen molar-refractivity contribution < 1.29 is 8.42 Å². The molecule has 0 aromatic heterocycles. The topological polar surface area (TPSA) is 37.4 Å². The molecule has 0 unspecified atom stereocenters. The highest BCUT2D eigenvalue weighted by Gasteiger charge is 2.31. The maximum absolute atomic E-state index is 12.3. The maximum Gasteiger partial charge on any atom is 0.242 e. The summed E-state index contributed by atoms with van der Waals surface area (Å²) < 4.78 is 26.9. The van der Waals surface area contributed by atoms with Crippen LogP contribution in [0.3, 0.4) is 0 Å². The zero-order valence-corrected chi connectivity index (χ0v) is 14.0. The van der Waals surface area contributed by atoms with Crippen LogP contribution in [0.25, 0.3) is 0 Å². The highest BCUT2D eigenvalue weighted by Crippen LogP contribution is 2.34. The molecule has 0 aliphatic heterocycles. The molecule has 18 heavy (non-hydrogen) atoms. The van der Waals surface area contributed by atoms with Gasteiger partial charge in [0.15, 0.2) is 0 Å². The third kappa shape index (κ3) is 3.15. The van der Waals surface area contributed by atoms with Crippen molar-refractivity contribution in [1.82, 2.24) is 4.31 Å². The van der Waals surface area contributed by atoms with Crippen molar-refractivity contribution in [3.05, 3.63) is 28.7 Å². The normalized spacial score (nSPS) is 24.0. The fourth-order valence-electron chi connectivity index (χ4n) is 2.05. The number of hydrogen-bond donors (Lipinski definition) is 0. The molecule has 1 aromatic carbocycles. The van der Waals surface area contributed by atoms with E-state index in [1.165, 1.54) is 4.31 Å². The minimum absolute atomic E-state index is 0.350. The Morgan fingerprint density at radius 3 is 2.33 bits per heavy atom. The van der Waals surface area contributed by atoms with Crippen LogP contribution in [0.2, 0.25) is 0 Å². The van der Waals surface area contributed by atoms with Gasteiger partial charge in [-0.15, -0.1) is 0 Å². The van der Waals surface area contributed by atoms with E-state index in [0.29, 0.717) is 22.2 Å². The zero-order chi connectivity index (χ0) is 13.3. The van der Waals surface area contributed by atoms with Crippen LogP contribution in [0.15, 0.2) is 33.6 Å². The fraction of sp³-hybridized carbons (Fsp3) is 0.500. The molecule has 0 bridgehead atoms.